The maximum atomic E-state index is 14.0. The Morgan fingerprint density at radius 3 is 1.39 bits per heavy atom. The molecule has 0 saturated carbocycles. The molecule has 0 spiro atoms. The predicted molar refractivity (Wildman–Crippen MR) is 201 cm³/mol. The van der Waals surface area contributed by atoms with Crippen LogP contribution < -0.4 is 31.9 Å². The second-order valence-electron chi connectivity index (χ2n) is 14.7. The molecule has 8 amide bonds. The summed E-state index contributed by atoms with van der Waals surface area (Å²) in [7, 11) is 0. The molecule has 0 aromatic rings. The highest BCUT2D eigenvalue weighted by molar-refractivity contribution is 7.99. The van der Waals surface area contributed by atoms with Gasteiger partial charge < -0.3 is 51.9 Å². The zero-order valence-corrected chi connectivity index (χ0v) is 33.7. The number of rotatable bonds is 6. The van der Waals surface area contributed by atoms with E-state index in [1.165, 1.54) is 47.2 Å². The Morgan fingerprint density at radius 1 is 0.574 bits per heavy atom. The number of fused-ring (bicyclic) bond motifs is 2. The molecule has 3 aliphatic heterocycles. The molecule has 3 fully saturated rings. The number of nitrogens with one attached hydrogen (secondary N) is 6. The van der Waals surface area contributed by atoms with Gasteiger partial charge in [0.2, 0.25) is 47.3 Å². The lowest BCUT2D eigenvalue weighted by molar-refractivity contribution is -0.144. The summed E-state index contributed by atoms with van der Waals surface area (Å²) in [5.41, 5.74) is 0. The van der Waals surface area contributed by atoms with Gasteiger partial charge in [-0.2, -0.15) is 0 Å². The molecule has 3 saturated heterocycles. The minimum absolute atomic E-state index is 0.101. The smallest absolute Gasteiger partial charge is 0.246 e. The largest absolute Gasteiger partial charge is 0.391 e. The third-order valence-electron chi connectivity index (χ3n) is 9.76. The van der Waals surface area contributed by atoms with Crippen molar-refractivity contribution in [2.75, 3.05) is 29.8 Å². The number of amides is 8. The van der Waals surface area contributed by atoms with Gasteiger partial charge in [0.25, 0.3) is 0 Å². The SMILES string of the molecule is CC[C@H](C)[C@@H]1NC(=O)[C@@H]2CSCN2C(=O)[C@@H](C(C)C)NC(=O)[C@H]([C@@H](C)O)NC(=O)CNC(=O)[C@@H]2CSCN2C(=O)[C@@H](C(C)C)NC(=O)[C@H]([C@@H](C)O)NC1=O. The van der Waals surface area contributed by atoms with Crippen LogP contribution >= 0.6 is 23.5 Å². The first-order valence-corrected chi connectivity index (χ1v) is 20.5. The number of aliphatic hydroxyl groups excluding tert-OH is 2. The molecule has 3 rings (SSSR count). The van der Waals surface area contributed by atoms with E-state index in [1.807, 2.05) is 0 Å². The van der Waals surface area contributed by atoms with Crippen LogP contribution in [0.25, 0.3) is 0 Å². The van der Waals surface area contributed by atoms with Gasteiger partial charge in [-0.05, 0) is 31.6 Å². The third kappa shape index (κ3) is 11.0. The second kappa shape index (κ2) is 19.8. The second-order valence-corrected chi connectivity index (χ2v) is 16.7. The fourth-order valence-corrected chi connectivity index (χ4v) is 8.47. The van der Waals surface area contributed by atoms with E-state index in [0.29, 0.717) is 6.42 Å². The van der Waals surface area contributed by atoms with Gasteiger partial charge in [0.15, 0.2) is 0 Å². The molecule has 304 valence electrons. The Balaban J connectivity index is 2.04. The zero-order chi connectivity index (χ0) is 40.6. The fraction of sp³-hybridized carbons (Fsp3) is 0.765. The molecule has 0 aliphatic carbocycles. The maximum absolute atomic E-state index is 14.0. The number of thioether (sulfide) groups is 2. The van der Waals surface area contributed by atoms with Crippen molar-refractivity contribution < 1.29 is 48.6 Å². The molecule has 3 heterocycles. The van der Waals surface area contributed by atoms with E-state index in [9.17, 15) is 48.6 Å². The van der Waals surface area contributed by atoms with Crippen molar-refractivity contribution >= 4 is 70.8 Å². The van der Waals surface area contributed by atoms with Crippen LogP contribution in [0.3, 0.4) is 0 Å². The first kappa shape index (κ1) is 44.8. The molecule has 18 nitrogen and oxygen atoms in total. The lowest BCUT2D eigenvalue weighted by atomic mass is 9.96. The Hall–Kier alpha value is -3.62. The minimum Gasteiger partial charge on any atom is -0.391 e. The average Bonchev–Trinajstić information content (AvgIpc) is 3.81. The topological polar surface area (TPSA) is 256 Å². The summed E-state index contributed by atoms with van der Waals surface area (Å²) in [6, 6.07) is -8.65. The van der Waals surface area contributed by atoms with Gasteiger partial charge >= 0.3 is 0 Å². The molecule has 0 radical (unpaired) electrons. The lowest BCUT2D eigenvalue weighted by Crippen LogP contribution is -2.63. The van der Waals surface area contributed by atoms with E-state index in [2.05, 4.69) is 31.9 Å². The van der Waals surface area contributed by atoms with Gasteiger partial charge in [0.1, 0.15) is 42.3 Å². The number of nitrogens with zero attached hydrogens (tertiary/aromatic N) is 2. The minimum atomic E-state index is -1.54. The van der Waals surface area contributed by atoms with E-state index in [1.54, 1.807) is 41.5 Å². The molecule has 54 heavy (non-hydrogen) atoms. The van der Waals surface area contributed by atoms with Crippen molar-refractivity contribution in [3.63, 3.8) is 0 Å². The quantitative estimate of drug-likeness (QED) is 0.138. The van der Waals surface area contributed by atoms with Gasteiger partial charge in [0, 0.05) is 11.5 Å². The Kier molecular flexibility index (Phi) is 16.4. The molecular formula is C34H56N8O10S2. The number of carbonyl (C=O) groups excluding carboxylic acids is 8. The van der Waals surface area contributed by atoms with E-state index >= 15 is 0 Å². The van der Waals surface area contributed by atoms with Gasteiger partial charge in [-0.25, -0.2) is 0 Å². The van der Waals surface area contributed by atoms with Gasteiger partial charge in [-0.15, -0.1) is 23.5 Å². The first-order chi connectivity index (χ1) is 25.3. The number of aliphatic hydroxyl groups is 2. The molecule has 20 heteroatoms. The van der Waals surface area contributed by atoms with E-state index in [-0.39, 0.29) is 23.3 Å². The van der Waals surface area contributed by atoms with Crippen molar-refractivity contribution in [3.05, 3.63) is 0 Å². The van der Waals surface area contributed by atoms with Crippen LogP contribution in [0.5, 0.6) is 0 Å². The molecule has 0 aromatic carbocycles. The van der Waals surface area contributed by atoms with Gasteiger partial charge in [0.05, 0.1) is 30.5 Å². The van der Waals surface area contributed by atoms with E-state index in [0.717, 1.165) is 0 Å². The normalized spacial score (nSPS) is 30.6. The highest BCUT2D eigenvalue weighted by Crippen LogP contribution is 2.25. The standard InChI is InChI=1S/C34H56N8O10S2/c1-9-17(6)25-30(48)40-27(19(8)44)32(50)38-23(15(2)3)33(51)41-13-53-11-20(41)28(46)35-10-22(45)36-26(18(7)43)31(49)37-24(16(4)5)34(52)42-14-54-12-21(42)29(47)39-25/h15-21,23-27,43-44H,9-14H2,1-8H3,(H,35,46)(H,36,45)(H,37,49)(H,38,50)(H,39,47)(H,40,48)/t17-,18+,19+,20-,21-,23+,24+,25-,26-,27-/m0/s1. The summed E-state index contributed by atoms with van der Waals surface area (Å²) in [5.74, 6) is -6.69. The number of hydrogen-bond acceptors (Lipinski definition) is 12. The summed E-state index contributed by atoms with van der Waals surface area (Å²) in [6.45, 7) is 12.2. The summed E-state index contributed by atoms with van der Waals surface area (Å²) in [5, 5.41) is 36.5. The van der Waals surface area contributed by atoms with Crippen molar-refractivity contribution in [1.29, 1.82) is 0 Å². The Morgan fingerprint density at radius 2 is 0.963 bits per heavy atom. The summed E-state index contributed by atoms with van der Waals surface area (Å²) < 4.78 is 0. The number of hydrogen-bond donors (Lipinski definition) is 8. The predicted octanol–water partition coefficient (Wildman–Crippen LogP) is -2.54. The van der Waals surface area contributed by atoms with Crippen LogP contribution in [0.1, 0.15) is 61.8 Å². The van der Waals surface area contributed by atoms with Gasteiger partial charge in [-0.1, -0.05) is 48.0 Å². The fourth-order valence-electron chi connectivity index (χ4n) is 6.14. The highest BCUT2D eigenvalue weighted by atomic mass is 32.2. The Bertz CT molecular complexity index is 1430. The van der Waals surface area contributed by atoms with Crippen LogP contribution in [-0.4, -0.2) is 152 Å². The molecule has 0 aromatic heterocycles. The van der Waals surface area contributed by atoms with Crippen LogP contribution in [0.4, 0.5) is 0 Å². The van der Waals surface area contributed by atoms with Crippen LogP contribution in [0.15, 0.2) is 0 Å². The van der Waals surface area contributed by atoms with E-state index in [4.69, 9.17) is 0 Å². The lowest BCUT2D eigenvalue weighted by Gasteiger charge is -2.33. The van der Waals surface area contributed by atoms with Crippen LogP contribution in [0, 0.1) is 17.8 Å². The molecule has 0 unspecified atom stereocenters. The average molecular weight is 801 g/mol. The van der Waals surface area contributed by atoms with Crippen molar-refractivity contribution in [2.24, 2.45) is 17.8 Å². The Labute approximate surface area is 324 Å². The van der Waals surface area contributed by atoms with Crippen molar-refractivity contribution in [1.82, 2.24) is 41.7 Å². The van der Waals surface area contributed by atoms with Gasteiger partial charge in [-0.3, -0.25) is 38.4 Å². The van der Waals surface area contributed by atoms with Crippen LogP contribution in [0.2, 0.25) is 0 Å². The zero-order valence-electron chi connectivity index (χ0n) is 32.0. The molecule has 10 atom stereocenters. The number of carbonyl (C=O) groups is 8. The summed E-state index contributed by atoms with van der Waals surface area (Å²) in [6.07, 6.45) is -2.40. The van der Waals surface area contributed by atoms with Crippen molar-refractivity contribution in [2.45, 2.75) is 116 Å². The molecule has 3 aliphatic rings. The maximum Gasteiger partial charge on any atom is 0.246 e. The summed E-state index contributed by atoms with van der Waals surface area (Å²) >= 11 is 2.58. The monoisotopic (exact) mass is 800 g/mol. The third-order valence-corrected chi connectivity index (χ3v) is 11.8. The first-order valence-electron chi connectivity index (χ1n) is 18.2. The molecule has 0 bridgehead atoms. The molecule has 8 N–H and O–H groups in total. The summed E-state index contributed by atoms with van der Waals surface area (Å²) in [4.78, 5) is 111. The van der Waals surface area contributed by atoms with Crippen LogP contribution in [-0.2, 0) is 38.4 Å². The molecular weight excluding hydrogens is 745 g/mol. The highest BCUT2D eigenvalue weighted by Gasteiger charge is 2.44. The van der Waals surface area contributed by atoms with Crippen molar-refractivity contribution in [3.8, 4) is 0 Å². The van der Waals surface area contributed by atoms with E-state index < -0.39 is 126 Å².